The zero-order valence-corrected chi connectivity index (χ0v) is 10.3. The molecule has 0 heterocycles. The normalized spacial score (nSPS) is 16.2. The number of halogens is 3. The largest absolute Gasteiger partial charge is 0.444 e. The molecular weight excluding hydrogens is 239 g/mol. The number of amides is 1. The second kappa shape index (κ2) is 5.57. The molecule has 0 radical (unpaired) electrons. The third-order valence-corrected chi connectivity index (χ3v) is 2.02. The molecular formula is C10H18F3NO3. The van der Waals surface area contributed by atoms with Gasteiger partial charge in [-0.25, -0.2) is 4.79 Å². The summed E-state index contributed by atoms with van der Waals surface area (Å²) in [5.41, 5.74) is -0.800. The lowest BCUT2D eigenvalue weighted by Gasteiger charge is -2.27. The van der Waals surface area contributed by atoms with Crippen LogP contribution in [0.3, 0.4) is 0 Å². The highest BCUT2D eigenvalue weighted by molar-refractivity contribution is 5.68. The zero-order valence-electron chi connectivity index (χ0n) is 10.3. The molecule has 0 aromatic heterocycles. The number of carbonyl (C=O) groups is 1. The number of hydrogen-bond donors (Lipinski definition) is 2. The van der Waals surface area contributed by atoms with Gasteiger partial charge in [-0.3, -0.25) is 0 Å². The van der Waals surface area contributed by atoms with Crippen molar-refractivity contribution in [3.05, 3.63) is 0 Å². The second-order valence-corrected chi connectivity index (χ2v) is 4.77. The van der Waals surface area contributed by atoms with Crippen LogP contribution >= 0.6 is 0 Å². The van der Waals surface area contributed by atoms with Crippen LogP contribution in [0.25, 0.3) is 0 Å². The molecule has 0 aliphatic heterocycles. The van der Waals surface area contributed by atoms with Gasteiger partial charge in [-0.05, 0) is 20.8 Å². The zero-order chi connectivity index (χ0) is 13.9. The van der Waals surface area contributed by atoms with Gasteiger partial charge in [0, 0.05) is 0 Å². The highest BCUT2D eigenvalue weighted by Crippen LogP contribution is 2.28. The van der Waals surface area contributed by atoms with E-state index in [0.717, 1.165) is 6.92 Å². The number of nitrogens with one attached hydrogen (secondary N) is 1. The third-order valence-electron chi connectivity index (χ3n) is 2.02. The molecule has 102 valence electrons. The molecule has 0 unspecified atom stereocenters. The number of rotatable bonds is 3. The average Bonchev–Trinajstić information content (AvgIpc) is 2.08. The Hall–Kier alpha value is -0.980. The fourth-order valence-electron chi connectivity index (χ4n) is 1.02. The monoisotopic (exact) mass is 257 g/mol. The van der Waals surface area contributed by atoms with Crippen molar-refractivity contribution in [3.8, 4) is 0 Å². The van der Waals surface area contributed by atoms with Crippen LogP contribution in [0.4, 0.5) is 18.0 Å². The first-order valence-electron chi connectivity index (χ1n) is 5.14. The van der Waals surface area contributed by atoms with Crippen molar-refractivity contribution < 1.29 is 27.8 Å². The number of alkyl carbamates (subject to hydrolysis) is 1. The van der Waals surface area contributed by atoms with Gasteiger partial charge < -0.3 is 15.2 Å². The standard InChI is InChI=1S/C10H18F3NO3/c1-6(10(11,12)13)7(5-15)14-8(16)17-9(2,3)4/h6-7,15H,5H2,1-4H3,(H,14,16)/t6-,7-/m1/s1. The third kappa shape index (κ3) is 6.35. The van der Waals surface area contributed by atoms with Crippen LogP contribution < -0.4 is 5.32 Å². The molecule has 0 bridgehead atoms. The molecule has 0 rings (SSSR count). The lowest BCUT2D eigenvalue weighted by Crippen LogP contribution is -2.48. The highest BCUT2D eigenvalue weighted by atomic mass is 19.4. The fourth-order valence-corrected chi connectivity index (χ4v) is 1.02. The summed E-state index contributed by atoms with van der Waals surface area (Å²) in [4.78, 5) is 11.2. The van der Waals surface area contributed by atoms with Gasteiger partial charge in [0.1, 0.15) is 5.60 Å². The van der Waals surface area contributed by atoms with E-state index in [0.29, 0.717) is 0 Å². The first-order chi connectivity index (χ1) is 7.47. The molecule has 0 spiro atoms. The van der Waals surface area contributed by atoms with Gasteiger partial charge in [0.15, 0.2) is 0 Å². The number of aliphatic hydroxyl groups excluding tert-OH is 1. The van der Waals surface area contributed by atoms with Gasteiger partial charge in [0.05, 0.1) is 18.6 Å². The predicted molar refractivity (Wildman–Crippen MR) is 55.5 cm³/mol. The molecule has 4 nitrogen and oxygen atoms in total. The maximum Gasteiger partial charge on any atom is 0.407 e. The Bertz CT molecular complexity index is 261. The number of aliphatic hydroxyl groups is 1. The number of alkyl halides is 3. The molecule has 1 amide bonds. The summed E-state index contributed by atoms with van der Waals surface area (Å²) in [5, 5.41) is 10.8. The van der Waals surface area contributed by atoms with Crippen LogP contribution in [0.5, 0.6) is 0 Å². The van der Waals surface area contributed by atoms with E-state index in [1.807, 2.05) is 5.32 Å². The Morgan fingerprint density at radius 3 is 2.12 bits per heavy atom. The van der Waals surface area contributed by atoms with E-state index in [1.54, 1.807) is 20.8 Å². The van der Waals surface area contributed by atoms with E-state index in [1.165, 1.54) is 0 Å². The average molecular weight is 257 g/mol. The Morgan fingerprint density at radius 2 is 1.82 bits per heavy atom. The van der Waals surface area contributed by atoms with E-state index in [-0.39, 0.29) is 0 Å². The van der Waals surface area contributed by atoms with Gasteiger partial charge in [0.25, 0.3) is 0 Å². The minimum absolute atomic E-state index is 0.800. The van der Waals surface area contributed by atoms with E-state index in [9.17, 15) is 18.0 Å². The van der Waals surface area contributed by atoms with Gasteiger partial charge in [0.2, 0.25) is 0 Å². The van der Waals surface area contributed by atoms with E-state index in [2.05, 4.69) is 0 Å². The van der Waals surface area contributed by atoms with Crippen molar-refractivity contribution >= 4 is 6.09 Å². The molecule has 0 saturated carbocycles. The van der Waals surface area contributed by atoms with Crippen LogP contribution in [0.15, 0.2) is 0 Å². The van der Waals surface area contributed by atoms with Crippen molar-refractivity contribution in [1.82, 2.24) is 5.32 Å². The van der Waals surface area contributed by atoms with Crippen LogP contribution in [-0.2, 0) is 4.74 Å². The molecule has 2 atom stereocenters. The SMILES string of the molecule is C[C@H]([C@@H](CO)NC(=O)OC(C)(C)C)C(F)(F)F. The number of carbonyl (C=O) groups excluding carboxylic acids is 1. The summed E-state index contributed by atoms with van der Waals surface area (Å²) in [6.07, 6.45) is -5.46. The molecule has 17 heavy (non-hydrogen) atoms. The summed E-state index contributed by atoms with van der Waals surface area (Å²) in [6.45, 7) is 4.85. The van der Waals surface area contributed by atoms with E-state index in [4.69, 9.17) is 9.84 Å². The predicted octanol–water partition coefficient (Wildman–Crippen LogP) is 2.07. The van der Waals surface area contributed by atoms with Gasteiger partial charge >= 0.3 is 12.3 Å². The quantitative estimate of drug-likeness (QED) is 0.813. The van der Waals surface area contributed by atoms with Crippen molar-refractivity contribution in [2.75, 3.05) is 6.61 Å². The first kappa shape index (κ1) is 16.0. The van der Waals surface area contributed by atoms with Gasteiger partial charge in [-0.15, -0.1) is 0 Å². The summed E-state index contributed by atoms with van der Waals surface area (Å²) in [6, 6.07) is -1.41. The molecule has 0 aliphatic carbocycles. The summed E-state index contributed by atoms with van der Waals surface area (Å²) in [7, 11) is 0. The Kier molecular flexibility index (Phi) is 5.25. The summed E-state index contributed by atoms with van der Waals surface area (Å²) >= 11 is 0. The molecule has 7 heteroatoms. The van der Waals surface area contributed by atoms with Crippen LogP contribution in [-0.4, -0.2) is 35.6 Å². The molecule has 0 aliphatic rings. The van der Waals surface area contributed by atoms with Crippen molar-refractivity contribution in [3.63, 3.8) is 0 Å². The molecule has 0 aromatic rings. The molecule has 0 saturated heterocycles. The first-order valence-corrected chi connectivity index (χ1v) is 5.14. The fraction of sp³-hybridized carbons (Fsp3) is 0.900. The van der Waals surface area contributed by atoms with Crippen LogP contribution in [0.2, 0.25) is 0 Å². The van der Waals surface area contributed by atoms with Crippen molar-refractivity contribution in [1.29, 1.82) is 0 Å². The second-order valence-electron chi connectivity index (χ2n) is 4.77. The lowest BCUT2D eigenvalue weighted by atomic mass is 10.0. The van der Waals surface area contributed by atoms with Crippen LogP contribution in [0, 0.1) is 5.92 Å². The van der Waals surface area contributed by atoms with E-state index < -0.39 is 36.4 Å². The molecule has 0 aromatic carbocycles. The van der Waals surface area contributed by atoms with Crippen molar-refractivity contribution in [2.45, 2.75) is 45.5 Å². The topological polar surface area (TPSA) is 58.6 Å². The minimum Gasteiger partial charge on any atom is -0.444 e. The minimum atomic E-state index is -4.48. The number of hydrogen-bond acceptors (Lipinski definition) is 3. The Balaban J connectivity index is 4.47. The highest BCUT2D eigenvalue weighted by Gasteiger charge is 2.42. The Labute approximate surface area is 98.1 Å². The molecule has 0 fully saturated rings. The lowest BCUT2D eigenvalue weighted by molar-refractivity contribution is -0.179. The smallest absolute Gasteiger partial charge is 0.407 e. The van der Waals surface area contributed by atoms with E-state index >= 15 is 0 Å². The Morgan fingerprint density at radius 1 is 1.35 bits per heavy atom. The maximum atomic E-state index is 12.4. The van der Waals surface area contributed by atoms with Crippen LogP contribution in [0.1, 0.15) is 27.7 Å². The maximum absolute atomic E-state index is 12.4. The summed E-state index contributed by atoms with van der Waals surface area (Å²) < 4.78 is 41.9. The number of ether oxygens (including phenoxy) is 1. The molecule has 2 N–H and O–H groups in total. The van der Waals surface area contributed by atoms with Gasteiger partial charge in [-0.2, -0.15) is 13.2 Å². The summed E-state index contributed by atoms with van der Waals surface area (Å²) in [5.74, 6) is -1.85. The van der Waals surface area contributed by atoms with Crippen molar-refractivity contribution in [2.24, 2.45) is 5.92 Å². The van der Waals surface area contributed by atoms with Gasteiger partial charge in [-0.1, -0.05) is 6.92 Å².